The van der Waals surface area contributed by atoms with E-state index in [0.29, 0.717) is 11.4 Å². The number of aliphatic hydroxyl groups is 1. The maximum absolute atomic E-state index is 13.6. The predicted molar refractivity (Wildman–Crippen MR) is 95.1 cm³/mol. The lowest BCUT2D eigenvalue weighted by Crippen LogP contribution is -2.33. The van der Waals surface area contributed by atoms with Gasteiger partial charge in [-0.3, -0.25) is 4.79 Å². The summed E-state index contributed by atoms with van der Waals surface area (Å²) in [6.45, 7) is 1.99. The summed E-state index contributed by atoms with van der Waals surface area (Å²) in [7, 11) is 1.56. The van der Waals surface area contributed by atoms with E-state index >= 15 is 0 Å². The minimum atomic E-state index is -0.968. The third kappa shape index (κ3) is 5.85. The Bertz CT molecular complexity index is 709. The van der Waals surface area contributed by atoms with Gasteiger partial charge in [0.2, 0.25) is 5.91 Å². The first-order valence-corrected chi connectivity index (χ1v) is 8.09. The summed E-state index contributed by atoms with van der Waals surface area (Å²) in [6.07, 6.45) is -0.744. The lowest BCUT2D eigenvalue weighted by Gasteiger charge is -2.17. The Hall–Kier alpha value is -2.44. The molecule has 0 spiro atoms. The van der Waals surface area contributed by atoms with Gasteiger partial charge in [-0.1, -0.05) is 24.3 Å². The van der Waals surface area contributed by atoms with Gasteiger partial charge >= 0.3 is 0 Å². The van der Waals surface area contributed by atoms with Crippen LogP contribution in [0.25, 0.3) is 0 Å². The van der Waals surface area contributed by atoms with Crippen LogP contribution < -0.4 is 15.4 Å². The molecule has 0 bridgehead atoms. The number of halogens is 1. The number of nitrogens with one attached hydrogen (secondary N) is 2. The van der Waals surface area contributed by atoms with Crippen molar-refractivity contribution in [2.24, 2.45) is 0 Å². The van der Waals surface area contributed by atoms with E-state index in [1.807, 2.05) is 6.92 Å². The lowest BCUT2D eigenvalue weighted by molar-refractivity contribution is -0.116. The minimum Gasteiger partial charge on any atom is -0.497 e. The monoisotopic (exact) mass is 346 g/mol. The van der Waals surface area contributed by atoms with Crippen LogP contribution in [0.4, 0.5) is 10.1 Å². The first kappa shape index (κ1) is 18.9. The van der Waals surface area contributed by atoms with E-state index in [1.165, 1.54) is 6.07 Å². The normalized spacial score (nSPS) is 13.1. The molecule has 0 aliphatic rings. The van der Waals surface area contributed by atoms with Crippen molar-refractivity contribution in [2.45, 2.75) is 25.5 Å². The second kappa shape index (κ2) is 9.15. The maximum atomic E-state index is 13.6. The molecule has 2 unspecified atom stereocenters. The topological polar surface area (TPSA) is 70.6 Å². The summed E-state index contributed by atoms with van der Waals surface area (Å²) in [5.41, 5.74) is 0.894. The van der Waals surface area contributed by atoms with Crippen LogP contribution in [0.2, 0.25) is 0 Å². The Morgan fingerprint density at radius 3 is 2.72 bits per heavy atom. The van der Waals surface area contributed by atoms with Crippen LogP contribution in [-0.2, 0) is 4.79 Å². The molecule has 3 N–H and O–H groups in total. The maximum Gasteiger partial charge on any atom is 0.225 e. The molecule has 2 aromatic carbocycles. The van der Waals surface area contributed by atoms with Crippen LogP contribution in [0.5, 0.6) is 5.75 Å². The Morgan fingerprint density at radius 1 is 1.24 bits per heavy atom. The van der Waals surface area contributed by atoms with E-state index in [2.05, 4.69) is 10.6 Å². The van der Waals surface area contributed by atoms with E-state index in [9.17, 15) is 14.3 Å². The van der Waals surface area contributed by atoms with Crippen LogP contribution in [0, 0.1) is 5.82 Å². The smallest absolute Gasteiger partial charge is 0.225 e. The quantitative estimate of drug-likeness (QED) is 0.687. The van der Waals surface area contributed by atoms with Crippen molar-refractivity contribution in [3.05, 3.63) is 59.9 Å². The van der Waals surface area contributed by atoms with Crippen LogP contribution >= 0.6 is 0 Å². The molecule has 1 amide bonds. The molecule has 0 aliphatic heterocycles. The average molecular weight is 346 g/mol. The van der Waals surface area contributed by atoms with E-state index < -0.39 is 11.9 Å². The zero-order valence-electron chi connectivity index (χ0n) is 14.3. The van der Waals surface area contributed by atoms with Gasteiger partial charge in [0.05, 0.1) is 13.2 Å². The lowest BCUT2D eigenvalue weighted by atomic mass is 10.1. The van der Waals surface area contributed by atoms with E-state index in [-0.39, 0.29) is 30.5 Å². The summed E-state index contributed by atoms with van der Waals surface area (Å²) in [5, 5.41) is 15.9. The summed E-state index contributed by atoms with van der Waals surface area (Å²) in [6, 6.07) is 13.0. The molecule has 134 valence electrons. The van der Waals surface area contributed by atoms with Crippen molar-refractivity contribution < 1.29 is 19.0 Å². The fourth-order valence-electron chi connectivity index (χ4n) is 2.43. The van der Waals surface area contributed by atoms with E-state index in [0.717, 1.165) is 0 Å². The molecule has 2 atom stereocenters. The highest BCUT2D eigenvalue weighted by Crippen LogP contribution is 2.18. The SMILES string of the molecule is COc1cccc(NC(=O)CC(C)NCC(O)c2ccccc2F)c1. The number of hydrogen-bond acceptors (Lipinski definition) is 4. The van der Waals surface area contributed by atoms with Crippen molar-refractivity contribution in [3.63, 3.8) is 0 Å². The summed E-state index contributed by atoms with van der Waals surface area (Å²) < 4.78 is 18.7. The number of carbonyl (C=O) groups is 1. The van der Waals surface area contributed by atoms with Crippen molar-refractivity contribution in [1.29, 1.82) is 0 Å². The van der Waals surface area contributed by atoms with Gasteiger partial charge in [-0.15, -0.1) is 0 Å². The number of methoxy groups -OCH3 is 1. The highest BCUT2D eigenvalue weighted by atomic mass is 19.1. The summed E-state index contributed by atoms with van der Waals surface area (Å²) in [5.74, 6) is 0.0610. The zero-order valence-corrected chi connectivity index (χ0v) is 14.3. The molecule has 0 saturated heterocycles. The number of rotatable bonds is 8. The molecule has 5 nitrogen and oxygen atoms in total. The molecule has 6 heteroatoms. The van der Waals surface area contributed by atoms with Gasteiger partial charge in [-0.05, 0) is 25.1 Å². The van der Waals surface area contributed by atoms with Gasteiger partial charge in [0, 0.05) is 36.3 Å². The molecular weight excluding hydrogens is 323 g/mol. The van der Waals surface area contributed by atoms with Crippen LogP contribution in [0.1, 0.15) is 25.0 Å². The van der Waals surface area contributed by atoms with E-state index in [4.69, 9.17) is 4.74 Å². The Balaban J connectivity index is 1.80. The highest BCUT2D eigenvalue weighted by molar-refractivity contribution is 5.91. The summed E-state index contributed by atoms with van der Waals surface area (Å²) in [4.78, 5) is 12.1. The van der Waals surface area contributed by atoms with Gasteiger partial charge in [0.25, 0.3) is 0 Å². The molecule has 0 aromatic heterocycles. The van der Waals surface area contributed by atoms with Crippen LogP contribution in [0.15, 0.2) is 48.5 Å². The van der Waals surface area contributed by atoms with Crippen molar-refractivity contribution >= 4 is 11.6 Å². The number of amides is 1. The second-order valence-electron chi connectivity index (χ2n) is 5.83. The Kier molecular flexibility index (Phi) is 6.91. The first-order chi connectivity index (χ1) is 12.0. The fraction of sp³-hybridized carbons (Fsp3) is 0.316. The van der Waals surface area contributed by atoms with Crippen molar-refractivity contribution in [2.75, 3.05) is 19.0 Å². The number of anilines is 1. The molecule has 2 aromatic rings. The molecule has 0 saturated carbocycles. The van der Waals surface area contributed by atoms with Gasteiger partial charge in [-0.25, -0.2) is 4.39 Å². The number of ether oxygens (including phenoxy) is 1. The molecule has 0 fully saturated rings. The molecular formula is C19H23FN2O3. The molecule has 2 rings (SSSR count). The van der Waals surface area contributed by atoms with Gasteiger partial charge < -0.3 is 20.5 Å². The van der Waals surface area contributed by atoms with E-state index in [1.54, 1.807) is 49.6 Å². The Labute approximate surface area is 146 Å². The molecule has 0 heterocycles. The van der Waals surface area contributed by atoms with Gasteiger partial charge in [-0.2, -0.15) is 0 Å². The van der Waals surface area contributed by atoms with Gasteiger partial charge in [0.15, 0.2) is 0 Å². The second-order valence-corrected chi connectivity index (χ2v) is 5.83. The molecule has 0 aliphatic carbocycles. The third-order valence-corrected chi connectivity index (χ3v) is 3.77. The number of hydrogen-bond donors (Lipinski definition) is 3. The van der Waals surface area contributed by atoms with Gasteiger partial charge in [0.1, 0.15) is 11.6 Å². The largest absolute Gasteiger partial charge is 0.497 e. The summed E-state index contributed by atoms with van der Waals surface area (Å²) >= 11 is 0. The highest BCUT2D eigenvalue weighted by Gasteiger charge is 2.15. The van der Waals surface area contributed by atoms with Crippen molar-refractivity contribution in [3.8, 4) is 5.75 Å². The third-order valence-electron chi connectivity index (χ3n) is 3.77. The standard InChI is InChI=1S/C19H23FN2O3/c1-13(21-12-18(23)16-8-3-4-9-17(16)20)10-19(24)22-14-6-5-7-15(11-14)25-2/h3-9,11,13,18,21,23H,10,12H2,1-2H3,(H,22,24). The first-order valence-electron chi connectivity index (χ1n) is 8.09. The minimum absolute atomic E-state index is 0.159. The van der Waals surface area contributed by atoms with Crippen LogP contribution in [-0.4, -0.2) is 30.7 Å². The Morgan fingerprint density at radius 2 is 2.00 bits per heavy atom. The van der Waals surface area contributed by atoms with Crippen molar-refractivity contribution in [1.82, 2.24) is 5.32 Å². The molecule has 25 heavy (non-hydrogen) atoms. The average Bonchev–Trinajstić information content (AvgIpc) is 2.60. The molecule has 0 radical (unpaired) electrons. The number of benzene rings is 2. The fourth-order valence-corrected chi connectivity index (χ4v) is 2.43. The number of aliphatic hydroxyl groups excluding tert-OH is 1. The predicted octanol–water partition coefficient (Wildman–Crippen LogP) is 2.87. The van der Waals surface area contributed by atoms with Crippen LogP contribution in [0.3, 0.4) is 0 Å². The zero-order chi connectivity index (χ0) is 18.2. The number of carbonyl (C=O) groups excluding carboxylic acids is 1.